The van der Waals surface area contributed by atoms with Crippen molar-refractivity contribution in [2.75, 3.05) is 0 Å². The summed E-state index contributed by atoms with van der Waals surface area (Å²) < 4.78 is 1.13. The largest absolute Gasteiger partial charge is 0.478 e. The summed E-state index contributed by atoms with van der Waals surface area (Å²) in [5.74, 6) is -0.981. The van der Waals surface area contributed by atoms with Crippen LogP contribution in [0.4, 0.5) is 0 Å². The van der Waals surface area contributed by atoms with Gasteiger partial charge in [0.15, 0.2) is 0 Å². The Bertz CT molecular complexity index is 244. The molecular weight excluding hydrogens is 220 g/mol. The Labute approximate surface area is 79.7 Å². The van der Waals surface area contributed by atoms with E-state index in [9.17, 15) is 4.79 Å². The molecular formula is C9H9BrO2. The number of benzene rings is 1. The third-order valence-electron chi connectivity index (χ3n) is 0.908. The summed E-state index contributed by atoms with van der Waals surface area (Å²) in [6.45, 7) is 2.96. The van der Waals surface area contributed by atoms with Crippen molar-refractivity contribution in [2.45, 2.75) is 0 Å². The Kier molecular flexibility index (Phi) is 6.01. The first kappa shape index (κ1) is 10.9. The fourth-order valence-corrected chi connectivity index (χ4v) is 0.720. The standard InChI is InChI=1S/C6H5Br.C3H4O2/c7-6-4-2-1-3-5-6;1-2-3(4)5/h1-5H;2H,1H2,(H,4,5). The highest BCUT2D eigenvalue weighted by atomic mass is 79.9. The lowest BCUT2D eigenvalue weighted by molar-refractivity contribution is -0.131. The quantitative estimate of drug-likeness (QED) is 0.751. The van der Waals surface area contributed by atoms with Crippen molar-refractivity contribution < 1.29 is 9.90 Å². The third kappa shape index (κ3) is 7.02. The van der Waals surface area contributed by atoms with Gasteiger partial charge in [-0.1, -0.05) is 40.7 Å². The molecule has 0 saturated heterocycles. The average Bonchev–Trinajstić information content (AvgIpc) is 2.07. The molecule has 0 amide bonds. The van der Waals surface area contributed by atoms with Crippen LogP contribution in [-0.4, -0.2) is 11.1 Å². The Morgan fingerprint density at radius 3 is 2.00 bits per heavy atom. The van der Waals surface area contributed by atoms with Crippen molar-refractivity contribution >= 4 is 21.9 Å². The molecule has 0 unspecified atom stereocenters. The lowest BCUT2D eigenvalue weighted by Crippen LogP contribution is -1.82. The number of hydrogen-bond acceptors (Lipinski definition) is 1. The smallest absolute Gasteiger partial charge is 0.327 e. The zero-order chi connectivity index (χ0) is 9.40. The van der Waals surface area contributed by atoms with E-state index in [1.807, 2.05) is 30.3 Å². The van der Waals surface area contributed by atoms with Gasteiger partial charge in [0.2, 0.25) is 0 Å². The fourth-order valence-electron chi connectivity index (χ4n) is 0.415. The van der Waals surface area contributed by atoms with Crippen molar-refractivity contribution in [3.63, 3.8) is 0 Å². The molecule has 0 atom stereocenters. The highest BCUT2D eigenvalue weighted by molar-refractivity contribution is 9.10. The predicted molar refractivity (Wildman–Crippen MR) is 52.0 cm³/mol. The zero-order valence-corrected chi connectivity index (χ0v) is 7.99. The van der Waals surface area contributed by atoms with Gasteiger partial charge in [-0.3, -0.25) is 0 Å². The van der Waals surface area contributed by atoms with E-state index in [1.54, 1.807) is 0 Å². The Balaban J connectivity index is 0.000000217. The second-order valence-electron chi connectivity index (χ2n) is 1.84. The molecule has 0 aliphatic carbocycles. The lowest BCUT2D eigenvalue weighted by atomic mass is 10.4. The summed E-state index contributed by atoms with van der Waals surface area (Å²) in [6, 6.07) is 9.97. The van der Waals surface area contributed by atoms with Gasteiger partial charge in [0, 0.05) is 10.5 Å². The summed E-state index contributed by atoms with van der Waals surface area (Å²) in [5.41, 5.74) is 0. The van der Waals surface area contributed by atoms with E-state index in [4.69, 9.17) is 5.11 Å². The first-order valence-electron chi connectivity index (χ1n) is 3.22. The van der Waals surface area contributed by atoms with Gasteiger partial charge in [0.05, 0.1) is 0 Å². The normalized spacial score (nSPS) is 7.75. The molecule has 0 radical (unpaired) electrons. The molecule has 0 spiro atoms. The van der Waals surface area contributed by atoms with Gasteiger partial charge < -0.3 is 5.11 Å². The highest BCUT2D eigenvalue weighted by Crippen LogP contribution is 2.05. The second kappa shape index (κ2) is 6.61. The van der Waals surface area contributed by atoms with E-state index in [2.05, 4.69) is 22.5 Å². The lowest BCUT2D eigenvalue weighted by Gasteiger charge is -1.80. The molecule has 1 aromatic rings. The molecule has 0 heterocycles. The van der Waals surface area contributed by atoms with E-state index in [0.717, 1.165) is 10.5 Å². The van der Waals surface area contributed by atoms with Crippen molar-refractivity contribution in [3.05, 3.63) is 47.5 Å². The van der Waals surface area contributed by atoms with E-state index in [0.29, 0.717) is 0 Å². The number of aliphatic carboxylic acids is 1. The molecule has 0 aliphatic rings. The number of hydrogen-bond donors (Lipinski definition) is 1. The van der Waals surface area contributed by atoms with Gasteiger partial charge in [-0.15, -0.1) is 0 Å². The molecule has 0 saturated carbocycles. The van der Waals surface area contributed by atoms with Crippen LogP contribution in [0.15, 0.2) is 47.5 Å². The van der Waals surface area contributed by atoms with Crippen LogP contribution in [0.2, 0.25) is 0 Å². The van der Waals surface area contributed by atoms with Gasteiger partial charge >= 0.3 is 5.97 Å². The first-order chi connectivity index (χ1) is 5.66. The monoisotopic (exact) mass is 228 g/mol. The topological polar surface area (TPSA) is 37.3 Å². The average molecular weight is 229 g/mol. The van der Waals surface area contributed by atoms with Crippen LogP contribution in [-0.2, 0) is 4.79 Å². The zero-order valence-electron chi connectivity index (χ0n) is 6.40. The van der Waals surface area contributed by atoms with Gasteiger partial charge in [-0.05, 0) is 12.1 Å². The maximum atomic E-state index is 9.25. The molecule has 1 aromatic carbocycles. The van der Waals surface area contributed by atoms with Gasteiger partial charge in [-0.2, -0.15) is 0 Å². The minimum absolute atomic E-state index is 0.833. The number of carbonyl (C=O) groups is 1. The maximum Gasteiger partial charge on any atom is 0.327 e. The summed E-state index contributed by atoms with van der Waals surface area (Å²) >= 11 is 3.31. The molecule has 64 valence electrons. The number of carboxylic acid groups (broad SMARTS) is 1. The predicted octanol–water partition coefficient (Wildman–Crippen LogP) is 2.71. The Hall–Kier alpha value is -1.09. The molecule has 0 bridgehead atoms. The van der Waals surface area contributed by atoms with Crippen LogP contribution in [0.1, 0.15) is 0 Å². The Morgan fingerprint density at radius 1 is 1.42 bits per heavy atom. The van der Waals surface area contributed by atoms with Crippen molar-refractivity contribution in [1.29, 1.82) is 0 Å². The van der Waals surface area contributed by atoms with E-state index in [-0.39, 0.29) is 0 Å². The summed E-state index contributed by atoms with van der Waals surface area (Å²) in [4.78, 5) is 9.25. The number of rotatable bonds is 1. The fraction of sp³-hybridized carbons (Fsp3) is 0. The van der Waals surface area contributed by atoms with Crippen molar-refractivity contribution in [3.8, 4) is 0 Å². The second-order valence-corrected chi connectivity index (χ2v) is 2.75. The minimum Gasteiger partial charge on any atom is -0.478 e. The molecule has 3 heteroatoms. The van der Waals surface area contributed by atoms with Crippen LogP contribution in [0, 0.1) is 0 Å². The molecule has 2 nitrogen and oxygen atoms in total. The van der Waals surface area contributed by atoms with Crippen LogP contribution >= 0.6 is 15.9 Å². The summed E-state index contributed by atoms with van der Waals surface area (Å²) in [6.07, 6.45) is 0.833. The number of halogens is 1. The molecule has 0 aliphatic heterocycles. The molecule has 0 aromatic heterocycles. The maximum absolute atomic E-state index is 9.25. The first-order valence-corrected chi connectivity index (χ1v) is 4.02. The molecule has 1 rings (SSSR count). The van der Waals surface area contributed by atoms with Gasteiger partial charge in [0.1, 0.15) is 0 Å². The summed E-state index contributed by atoms with van der Waals surface area (Å²) in [7, 11) is 0. The summed E-state index contributed by atoms with van der Waals surface area (Å²) in [5, 5.41) is 7.60. The van der Waals surface area contributed by atoms with Crippen LogP contribution in [0.3, 0.4) is 0 Å². The number of carboxylic acids is 1. The van der Waals surface area contributed by atoms with E-state index >= 15 is 0 Å². The van der Waals surface area contributed by atoms with Crippen molar-refractivity contribution in [2.24, 2.45) is 0 Å². The van der Waals surface area contributed by atoms with Crippen LogP contribution in [0.5, 0.6) is 0 Å². The Morgan fingerprint density at radius 2 is 1.83 bits per heavy atom. The minimum atomic E-state index is -0.981. The SMILES string of the molecule is Brc1ccccc1.C=CC(=O)O. The third-order valence-corrected chi connectivity index (χ3v) is 1.44. The van der Waals surface area contributed by atoms with Crippen LogP contribution in [0.25, 0.3) is 0 Å². The van der Waals surface area contributed by atoms with Crippen molar-refractivity contribution in [1.82, 2.24) is 0 Å². The molecule has 0 fully saturated rings. The molecule has 12 heavy (non-hydrogen) atoms. The van der Waals surface area contributed by atoms with Crippen LogP contribution < -0.4 is 0 Å². The van der Waals surface area contributed by atoms with E-state index in [1.165, 1.54) is 0 Å². The van der Waals surface area contributed by atoms with Gasteiger partial charge in [0.25, 0.3) is 0 Å². The van der Waals surface area contributed by atoms with E-state index < -0.39 is 5.97 Å². The van der Waals surface area contributed by atoms with Gasteiger partial charge in [-0.25, -0.2) is 4.79 Å². The highest BCUT2D eigenvalue weighted by Gasteiger charge is 1.74. The molecule has 1 N–H and O–H groups in total.